The average molecular weight is 326 g/mol. The summed E-state index contributed by atoms with van der Waals surface area (Å²) in [5.41, 5.74) is 1.69. The minimum atomic E-state index is -0.485. The van der Waals surface area contributed by atoms with Gasteiger partial charge in [-0.2, -0.15) is 0 Å². The molecule has 0 aromatic heterocycles. The molecule has 0 aliphatic rings. The molecule has 0 atom stereocenters. The Morgan fingerprint density at radius 3 is 1.74 bits per heavy atom. The number of hydrogen-bond acceptors (Lipinski definition) is 2. The molecule has 0 unspecified atom stereocenters. The van der Waals surface area contributed by atoms with E-state index in [2.05, 4.69) is 10.6 Å². The van der Waals surface area contributed by atoms with E-state index in [-0.39, 0.29) is 11.9 Å². The summed E-state index contributed by atoms with van der Waals surface area (Å²) < 4.78 is 0. The predicted molar refractivity (Wildman–Crippen MR) is 98.1 cm³/mol. The largest absolute Gasteiger partial charge is 0.351 e. The van der Waals surface area contributed by atoms with Gasteiger partial charge in [0.2, 0.25) is 5.91 Å². The zero-order chi connectivity index (χ0) is 16.9. The molecule has 0 fully saturated rings. The number of nitrogens with one attached hydrogen (secondary N) is 2. The van der Waals surface area contributed by atoms with Crippen LogP contribution >= 0.6 is 12.2 Å². The molecule has 0 spiro atoms. The van der Waals surface area contributed by atoms with E-state index in [4.69, 9.17) is 12.2 Å². The first-order valence-corrected chi connectivity index (χ1v) is 8.00. The van der Waals surface area contributed by atoms with Crippen molar-refractivity contribution in [2.45, 2.75) is 26.8 Å². The van der Waals surface area contributed by atoms with Crippen LogP contribution in [0, 0.1) is 5.41 Å². The summed E-state index contributed by atoms with van der Waals surface area (Å²) in [6, 6.07) is 20.0. The topological polar surface area (TPSA) is 41.1 Å². The van der Waals surface area contributed by atoms with E-state index < -0.39 is 5.41 Å². The van der Waals surface area contributed by atoms with E-state index >= 15 is 0 Å². The van der Waals surface area contributed by atoms with Crippen molar-refractivity contribution < 1.29 is 4.79 Å². The van der Waals surface area contributed by atoms with Gasteiger partial charge in [0.25, 0.3) is 0 Å². The quantitative estimate of drug-likeness (QED) is 0.843. The van der Waals surface area contributed by atoms with Gasteiger partial charge in [0.05, 0.1) is 6.04 Å². The fourth-order valence-corrected chi connectivity index (χ4v) is 2.32. The number of carbonyl (C=O) groups excluding carboxylic acids is 1. The van der Waals surface area contributed by atoms with Crippen molar-refractivity contribution in [3.8, 4) is 0 Å². The maximum absolute atomic E-state index is 12.1. The Hall–Kier alpha value is -2.20. The van der Waals surface area contributed by atoms with Gasteiger partial charge in [0.1, 0.15) is 0 Å². The van der Waals surface area contributed by atoms with Crippen LogP contribution in [0.4, 0.5) is 0 Å². The number of thiocarbonyl (C=S) groups is 1. The molecule has 0 saturated heterocycles. The summed E-state index contributed by atoms with van der Waals surface area (Å²) in [4.78, 5) is 12.1. The summed E-state index contributed by atoms with van der Waals surface area (Å²) in [6.07, 6.45) is 0. The fourth-order valence-electron chi connectivity index (χ4n) is 2.11. The Bertz CT molecular complexity index is 623. The molecule has 120 valence electrons. The Labute approximate surface area is 143 Å². The molecule has 1 amide bonds. The summed E-state index contributed by atoms with van der Waals surface area (Å²) in [7, 11) is 0. The van der Waals surface area contributed by atoms with Crippen molar-refractivity contribution in [1.29, 1.82) is 0 Å². The Morgan fingerprint density at radius 2 is 1.35 bits per heavy atom. The summed E-state index contributed by atoms with van der Waals surface area (Å²) in [6.45, 7) is 5.57. The average Bonchev–Trinajstić information content (AvgIpc) is 2.53. The zero-order valence-corrected chi connectivity index (χ0v) is 14.5. The molecule has 0 heterocycles. The third-order valence-corrected chi connectivity index (χ3v) is 3.67. The number of amides is 1. The smallest absolute Gasteiger partial charge is 0.231 e. The van der Waals surface area contributed by atoms with Gasteiger partial charge >= 0.3 is 0 Å². The van der Waals surface area contributed by atoms with E-state index in [9.17, 15) is 4.79 Å². The molecular weight excluding hydrogens is 304 g/mol. The van der Waals surface area contributed by atoms with Gasteiger partial charge in [-0.1, -0.05) is 81.4 Å². The van der Waals surface area contributed by atoms with Crippen LogP contribution in [-0.2, 0) is 4.79 Å². The van der Waals surface area contributed by atoms with Crippen LogP contribution < -0.4 is 10.6 Å². The summed E-state index contributed by atoms with van der Waals surface area (Å²) >= 11 is 5.33. The van der Waals surface area contributed by atoms with E-state index in [1.807, 2.05) is 81.4 Å². The second-order valence-corrected chi connectivity index (χ2v) is 6.84. The van der Waals surface area contributed by atoms with Crippen LogP contribution in [0.15, 0.2) is 60.7 Å². The number of carbonyl (C=O) groups is 1. The van der Waals surface area contributed by atoms with Crippen LogP contribution in [0.3, 0.4) is 0 Å². The molecule has 2 N–H and O–H groups in total. The first-order valence-electron chi connectivity index (χ1n) is 7.60. The van der Waals surface area contributed by atoms with Crippen LogP contribution in [0.2, 0.25) is 0 Å². The molecule has 2 rings (SSSR count). The first-order chi connectivity index (χ1) is 10.9. The zero-order valence-electron chi connectivity index (χ0n) is 13.7. The predicted octanol–water partition coefficient (Wildman–Crippen LogP) is 3.81. The van der Waals surface area contributed by atoms with Crippen LogP contribution in [0.5, 0.6) is 0 Å². The minimum Gasteiger partial charge on any atom is -0.351 e. The van der Waals surface area contributed by atoms with E-state index in [0.29, 0.717) is 5.11 Å². The number of hydrogen-bond donors (Lipinski definition) is 2. The molecule has 0 radical (unpaired) electrons. The lowest BCUT2D eigenvalue weighted by Crippen LogP contribution is -2.45. The Morgan fingerprint density at radius 1 is 0.913 bits per heavy atom. The standard InChI is InChI=1S/C19H22N2OS/c1-19(2,3)17(22)21-18(23)20-16(14-10-6-4-7-11-14)15-12-8-5-9-13-15/h4-13,16H,1-3H3,(H2,20,21,22,23). The highest BCUT2D eigenvalue weighted by molar-refractivity contribution is 7.80. The molecule has 0 aliphatic carbocycles. The lowest BCUT2D eigenvalue weighted by molar-refractivity contribution is -0.126. The van der Waals surface area contributed by atoms with Gasteiger partial charge < -0.3 is 10.6 Å². The van der Waals surface area contributed by atoms with Gasteiger partial charge in [0, 0.05) is 5.41 Å². The Balaban J connectivity index is 2.19. The van der Waals surface area contributed by atoms with Crippen molar-refractivity contribution in [2.75, 3.05) is 0 Å². The number of rotatable bonds is 3. The van der Waals surface area contributed by atoms with Gasteiger partial charge in [-0.3, -0.25) is 4.79 Å². The van der Waals surface area contributed by atoms with Crippen molar-refractivity contribution in [3.63, 3.8) is 0 Å². The van der Waals surface area contributed by atoms with Crippen molar-refractivity contribution in [2.24, 2.45) is 5.41 Å². The SMILES string of the molecule is CC(C)(C)C(=O)NC(=S)NC(c1ccccc1)c1ccccc1. The molecule has 3 nitrogen and oxygen atoms in total. The maximum Gasteiger partial charge on any atom is 0.231 e. The number of benzene rings is 2. The Kier molecular flexibility index (Phi) is 5.50. The maximum atomic E-state index is 12.1. The highest BCUT2D eigenvalue weighted by Gasteiger charge is 2.23. The van der Waals surface area contributed by atoms with Crippen LogP contribution in [-0.4, -0.2) is 11.0 Å². The van der Waals surface area contributed by atoms with Crippen LogP contribution in [0.1, 0.15) is 37.9 Å². The first kappa shape index (κ1) is 17.2. The van der Waals surface area contributed by atoms with Gasteiger partial charge in [-0.05, 0) is 23.3 Å². The lowest BCUT2D eigenvalue weighted by atomic mass is 9.96. The van der Waals surface area contributed by atoms with E-state index in [1.165, 1.54) is 0 Å². The van der Waals surface area contributed by atoms with Gasteiger partial charge in [0.15, 0.2) is 5.11 Å². The van der Waals surface area contributed by atoms with Gasteiger partial charge in [-0.15, -0.1) is 0 Å². The molecule has 0 aliphatic heterocycles. The molecule has 4 heteroatoms. The van der Waals surface area contributed by atoms with Gasteiger partial charge in [-0.25, -0.2) is 0 Å². The molecule has 2 aromatic carbocycles. The highest BCUT2D eigenvalue weighted by atomic mass is 32.1. The van der Waals surface area contributed by atoms with Crippen molar-refractivity contribution in [3.05, 3.63) is 71.8 Å². The second kappa shape index (κ2) is 7.38. The van der Waals surface area contributed by atoms with Crippen LogP contribution in [0.25, 0.3) is 0 Å². The fraction of sp³-hybridized carbons (Fsp3) is 0.263. The molecule has 0 saturated carbocycles. The van der Waals surface area contributed by atoms with Crippen molar-refractivity contribution >= 4 is 23.2 Å². The summed E-state index contributed by atoms with van der Waals surface area (Å²) in [5.74, 6) is -0.102. The van der Waals surface area contributed by atoms with E-state index in [0.717, 1.165) is 11.1 Å². The second-order valence-electron chi connectivity index (χ2n) is 6.43. The molecule has 0 bridgehead atoms. The highest BCUT2D eigenvalue weighted by Crippen LogP contribution is 2.21. The molecule has 23 heavy (non-hydrogen) atoms. The van der Waals surface area contributed by atoms with Crippen molar-refractivity contribution in [1.82, 2.24) is 10.6 Å². The molecule has 2 aromatic rings. The lowest BCUT2D eigenvalue weighted by Gasteiger charge is -2.24. The monoisotopic (exact) mass is 326 g/mol. The van der Waals surface area contributed by atoms with E-state index in [1.54, 1.807) is 0 Å². The molecular formula is C19H22N2OS. The third kappa shape index (κ3) is 4.89. The third-order valence-electron chi connectivity index (χ3n) is 3.45. The normalized spacial score (nSPS) is 11.1. The summed E-state index contributed by atoms with van der Waals surface area (Å²) in [5, 5.41) is 6.36. The minimum absolute atomic E-state index is 0.102.